The Labute approximate surface area is 170 Å². The summed E-state index contributed by atoms with van der Waals surface area (Å²) in [6.45, 7) is 1.83. The van der Waals surface area contributed by atoms with Crippen LogP contribution in [0.3, 0.4) is 0 Å². The van der Waals surface area contributed by atoms with E-state index in [1.807, 2.05) is 6.92 Å². The predicted octanol–water partition coefficient (Wildman–Crippen LogP) is 3.67. The summed E-state index contributed by atoms with van der Waals surface area (Å²) in [5.41, 5.74) is 2.31. The van der Waals surface area contributed by atoms with Crippen LogP contribution in [-0.4, -0.2) is 33.2 Å². The SMILES string of the molecule is COc1cnc(Cl)cc1-c1cc(C)ncc1C(=O)Nc1nnc(CCC#N)s1. The first kappa shape index (κ1) is 19.7. The Bertz CT molecular complexity index is 1060. The molecule has 0 spiro atoms. The fourth-order valence-electron chi connectivity index (χ4n) is 2.49. The van der Waals surface area contributed by atoms with Gasteiger partial charge in [0.25, 0.3) is 5.91 Å². The molecule has 28 heavy (non-hydrogen) atoms. The first-order chi connectivity index (χ1) is 13.5. The van der Waals surface area contributed by atoms with E-state index in [-0.39, 0.29) is 11.1 Å². The standard InChI is InChI=1S/C18H15ClN6O2S/c1-10-6-11(12-7-15(19)22-9-14(12)27-2)13(8-21-10)17(26)23-18-25-24-16(28-18)4-3-5-20/h6-9H,3-4H2,1-2H3,(H,23,25,26). The zero-order valence-corrected chi connectivity index (χ0v) is 16.6. The van der Waals surface area contributed by atoms with Crippen LogP contribution in [0.4, 0.5) is 5.13 Å². The highest BCUT2D eigenvalue weighted by atomic mass is 35.5. The normalized spacial score (nSPS) is 10.4. The highest BCUT2D eigenvalue weighted by Gasteiger charge is 2.19. The monoisotopic (exact) mass is 414 g/mol. The number of hydrogen-bond donors (Lipinski definition) is 1. The summed E-state index contributed by atoms with van der Waals surface area (Å²) < 4.78 is 5.37. The zero-order valence-electron chi connectivity index (χ0n) is 15.1. The number of hydrogen-bond acceptors (Lipinski definition) is 8. The Morgan fingerprint density at radius 3 is 2.86 bits per heavy atom. The van der Waals surface area contributed by atoms with Crippen molar-refractivity contribution in [2.75, 3.05) is 12.4 Å². The molecule has 0 aliphatic carbocycles. The fraction of sp³-hybridized carbons (Fsp3) is 0.222. The van der Waals surface area contributed by atoms with Crippen LogP contribution >= 0.6 is 22.9 Å². The third kappa shape index (κ3) is 4.42. The van der Waals surface area contributed by atoms with Gasteiger partial charge in [-0.15, -0.1) is 10.2 Å². The van der Waals surface area contributed by atoms with Gasteiger partial charge in [0, 0.05) is 35.9 Å². The van der Waals surface area contributed by atoms with Crippen LogP contribution in [0.5, 0.6) is 5.75 Å². The Morgan fingerprint density at radius 1 is 1.29 bits per heavy atom. The number of anilines is 1. The summed E-state index contributed by atoms with van der Waals surface area (Å²) in [6, 6.07) is 5.47. The lowest BCUT2D eigenvalue weighted by Crippen LogP contribution is -2.14. The molecule has 0 saturated heterocycles. The average Bonchev–Trinajstić information content (AvgIpc) is 3.13. The number of amides is 1. The number of ether oxygens (including phenoxy) is 1. The van der Waals surface area contributed by atoms with E-state index in [9.17, 15) is 4.79 Å². The first-order valence-corrected chi connectivity index (χ1v) is 9.38. The van der Waals surface area contributed by atoms with Gasteiger partial charge in [-0.2, -0.15) is 5.26 Å². The van der Waals surface area contributed by atoms with Crippen LogP contribution < -0.4 is 10.1 Å². The highest BCUT2D eigenvalue weighted by Crippen LogP contribution is 2.34. The first-order valence-electron chi connectivity index (χ1n) is 8.19. The van der Waals surface area contributed by atoms with Crippen LogP contribution in [0.15, 0.2) is 24.5 Å². The molecule has 1 amide bonds. The van der Waals surface area contributed by atoms with Gasteiger partial charge in [0.05, 0.1) is 24.9 Å². The van der Waals surface area contributed by atoms with Crippen LogP contribution in [0.25, 0.3) is 11.1 Å². The van der Waals surface area contributed by atoms with Crippen molar-refractivity contribution in [3.63, 3.8) is 0 Å². The van der Waals surface area contributed by atoms with Crippen molar-refractivity contribution in [3.8, 4) is 22.9 Å². The summed E-state index contributed by atoms with van der Waals surface area (Å²) in [7, 11) is 1.52. The maximum atomic E-state index is 12.9. The van der Waals surface area contributed by atoms with Crippen LogP contribution in [0, 0.1) is 18.3 Å². The van der Waals surface area contributed by atoms with Gasteiger partial charge in [-0.3, -0.25) is 15.1 Å². The summed E-state index contributed by atoms with van der Waals surface area (Å²) in [6.07, 6.45) is 3.83. The third-order valence-electron chi connectivity index (χ3n) is 3.77. The number of rotatable bonds is 6. The molecule has 0 fully saturated rings. The minimum Gasteiger partial charge on any atom is -0.494 e. The molecular weight excluding hydrogens is 400 g/mol. The number of nitriles is 1. The Hall–Kier alpha value is -3.09. The molecule has 0 aliphatic heterocycles. The zero-order chi connectivity index (χ0) is 20.1. The molecule has 0 aromatic carbocycles. The average molecular weight is 415 g/mol. The largest absolute Gasteiger partial charge is 0.494 e. The van der Waals surface area contributed by atoms with E-state index in [2.05, 4.69) is 31.6 Å². The van der Waals surface area contributed by atoms with Gasteiger partial charge in [0.1, 0.15) is 15.9 Å². The van der Waals surface area contributed by atoms with Crippen LogP contribution in [0.1, 0.15) is 27.5 Å². The van der Waals surface area contributed by atoms with Crippen molar-refractivity contribution >= 4 is 34.0 Å². The number of halogens is 1. The molecule has 3 aromatic rings. The van der Waals surface area contributed by atoms with Gasteiger partial charge in [-0.05, 0) is 19.1 Å². The van der Waals surface area contributed by atoms with E-state index >= 15 is 0 Å². The number of aryl methyl sites for hydroxylation is 2. The summed E-state index contributed by atoms with van der Waals surface area (Å²) in [4.78, 5) is 21.1. The lowest BCUT2D eigenvalue weighted by Gasteiger charge is -2.13. The molecule has 0 unspecified atom stereocenters. The van der Waals surface area contributed by atoms with E-state index in [4.69, 9.17) is 21.6 Å². The number of pyridine rings is 2. The molecule has 0 bridgehead atoms. The van der Waals surface area contributed by atoms with Gasteiger partial charge >= 0.3 is 0 Å². The molecular formula is C18H15ClN6O2S. The van der Waals surface area contributed by atoms with Gasteiger partial charge in [-0.25, -0.2) is 4.98 Å². The highest BCUT2D eigenvalue weighted by molar-refractivity contribution is 7.15. The molecule has 142 valence electrons. The smallest absolute Gasteiger partial charge is 0.259 e. The molecule has 10 heteroatoms. The molecule has 3 heterocycles. The van der Waals surface area contributed by atoms with E-state index in [1.165, 1.54) is 30.8 Å². The predicted molar refractivity (Wildman–Crippen MR) is 106 cm³/mol. The van der Waals surface area contributed by atoms with Gasteiger partial charge < -0.3 is 4.74 Å². The second-order valence-corrected chi connectivity index (χ2v) is 7.14. The van der Waals surface area contributed by atoms with Gasteiger partial charge in [0.15, 0.2) is 0 Å². The van der Waals surface area contributed by atoms with E-state index in [0.29, 0.717) is 45.4 Å². The van der Waals surface area contributed by atoms with E-state index in [1.54, 1.807) is 12.1 Å². The maximum Gasteiger partial charge on any atom is 0.259 e. The Morgan fingerprint density at radius 2 is 2.11 bits per heavy atom. The number of carbonyl (C=O) groups excluding carboxylic acids is 1. The van der Waals surface area contributed by atoms with Crippen molar-refractivity contribution in [1.29, 1.82) is 5.26 Å². The number of nitrogens with zero attached hydrogens (tertiary/aromatic N) is 5. The van der Waals surface area contributed by atoms with Crippen molar-refractivity contribution in [2.45, 2.75) is 19.8 Å². The summed E-state index contributed by atoms with van der Waals surface area (Å²) in [5.74, 6) is 0.0965. The van der Waals surface area contributed by atoms with E-state index < -0.39 is 0 Å². The lowest BCUT2D eigenvalue weighted by atomic mass is 10.0. The fourth-order valence-corrected chi connectivity index (χ4v) is 3.38. The quantitative estimate of drug-likeness (QED) is 0.612. The molecule has 0 radical (unpaired) electrons. The molecule has 3 aromatic heterocycles. The van der Waals surface area contributed by atoms with Crippen molar-refractivity contribution in [3.05, 3.63) is 45.9 Å². The molecule has 8 nitrogen and oxygen atoms in total. The summed E-state index contributed by atoms with van der Waals surface area (Å²) in [5, 5.41) is 20.6. The van der Waals surface area contributed by atoms with Gasteiger partial charge in [0.2, 0.25) is 5.13 Å². The molecule has 0 saturated carbocycles. The lowest BCUT2D eigenvalue weighted by molar-refractivity contribution is 0.102. The summed E-state index contributed by atoms with van der Waals surface area (Å²) >= 11 is 7.28. The van der Waals surface area contributed by atoms with Gasteiger partial charge in [-0.1, -0.05) is 22.9 Å². The van der Waals surface area contributed by atoms with Crippen molar-refractivity contribution in [1.82, 2.24) is 20.2 Å². The van der Waals surface area contributed by atoms with Crippen LogP contribution in [0.2, 0.25) is 5.15 Å². The van der Waals surface area contributed by atoms with Crippen LogP contribution in [-0.2, 0) is 6.42 Å². The minimum atomic E-state index is -0.388. The Balaban J connectivity index is 1.95. The Kier molecular flexibility index (Phi) is 6.13. The van der Waals surface area contributed by atoms with Crippen molar-refractivity contribution < 1.29 is 9.53 Å². The molecule has 0 aliphatic rings. The number of nitrogens with one attached hydrogen (secondary N) is 1. The third-order valence-corrected chi connectivity index (χ3v) is 4.87. The van der Waals surface area contributed by atoms with Crippen molar-refractivity contribution in [2.24, 2.45) is 0 Å². The number of carbonyl (C=O) groups is 1. The van der Waals surface area contributed by atoms with E-state index in [0.717, 1.165) is 5.69 Å². The minimum absolute atomic E-state index is 0.280. The maximum absolute atomic E-state index is 12.9. The topological polar surface area (TPSA) is 114 Å². The number of aromatic nitrogens is 4. The molecule has 3 rings (SSSR count). The molecule has 1 N–H and O–H groups in total. The number of methoxy groups -OCH3 is 1. The second-order valence-electron chi connectivity index (χ2n) is 5.69. The molecule has 0 atom stereocenters. The second kappa shape index (κ2) is 8.73.